The molecular formula is C19H22N2O2S. The van der Waals surface area contributed by atoms with E-state index in [4.69, 9.17) is 0 Å². The molecule has 1 aromatic carbocycles. The molecule has 4 nitrogen and oxygen atoms in total. The van der Waals surface area contributed by atoms with Crippen LogP contribution in [0.25, 0.3) is 0 Å². The molecule has 1 unspecified atom stereocenters. The number of anilines is 1. The SMILES string of the molecule is CC(CC(=O)Nc1nc2c(s1)C(=O)CC(C)(C)C2)c1ccccc1. The molecule has 1 heterocycles. The minimum atomic E-state index is -0.0656. The number of carbonyl (C=O) groups is 2. The van der Waals surface area contributed by atoms with E-state index < -0.39 is 0 Å². The Labute approximate surface area is 146 Å². The summed E-state index contributed by atoms with van der Waals surface area (Å²) in [6.07, 6.45) is 1.72. The maximum Gasteiger partial charge on any atom is 0.226 e. The number of hydrogen-bond donors (Lipinski definition) is 1. The van der Waals surface area contributed by atoms with Crippen LogP contribution in [0.15, 0.2) is 30.3 Å². The third kappa shape index (κ3) is 3.73. The lowest BCUT2D eigenvalue weighted by molar-refractivity contribution is -0.116. The van der Waals surface area contributed by atoms with Crippen LogP contribution in [0.3, 0.4) is 0 Å². The van der Waals surface area contributed by atoms with Crippen LogP contribution in [0.1, 0.15) is 60.5 Å². The zero-order chi connectivity index (χ0) is 17.3. The number of Topliss-reactive ketones (excluding diaryl/α,β-unsaturated/α-hetero) is 1. The first kappa shape index (κ1) is 16.8. The first-order valence-corrected chi connectivity index (χ1v) is 9.03. The highest BCUT2D eigenvalue weighted by Crippen LogP contribution is 2.38. The highest BCUT2D eigenvalue weighted by atomic mass is 32.1. The van der Waals surface area contributed by atoms with Gasteiger partial charge in [0.15, 0.2) is 10.9 Å². The van der Waals surface area contributed by atoms with Crippen molar-refractivity contribution < 1.29 is 9.59 Å². The molecule has 0 spiro atoms. The van der Waals surface area contributed by atoms with E-state index in [9.17, 15) is 9.59 Å². The second-order valence-electron chi connectivity index (χ2n) is 7.30. The van der Waals surface area contributed by atoms with Crippen molar-refractivity contribution in [1.29, 1.82) is 0 Å². The molecular weight excluding hydrogens is 320 g/mol. The minimum Gasteiger partial charge on any atom is -0.302 e. The third-order valence-electron chi connectivity index (χ3n) is 4.34. The molecule has 0 aliphatic heterocycles. The summed E-state index contributed by atoms with van der Waals surface area (Å²) in [4.78, 5) is 29.7. The van der Waals surface area contributed by atoms with Gasteiger partial charge in [0, 0.05) is 12.8 Å². The minimum absolute atomic E-state index is 0.0543. The predicted molar refractivity (Wildman–Crippen MR) is 96.7 cm³/mol. The first-order chi connectivity index (χ1) is 11.3. The van der Waals surface area contributed by atoms with Crippen molar-refractivity contribution >= 4 is 28.2 Å². The number of nitrogens with one attached hydrogen (secondary N) is 1. The fourth-order valence-corrected chi connectivity index (χ4v) is 4.06. The maximum absolute atomic E-state index is 12.3. The number of fused-ring (bicyclic) bond motifs is 1. The molecule has 0 bridgehead atoms. The summed E-state index contributed by atoms with van der Waals surface area (Å²) in [6, 6.07) is 9.98. The number of rotatable bonds is 4. The molecule has 24 heavy (non-hydrogen) atoms. The zero-order valence-electron chi connectivity index (χ0n) is 14.3. The van der Waals surface area contributed by atoms with Gasteiger partial charge >= 0.3 is 0 Å². The highest BCUT2D eigenvalue weighted by Gasteiger charge is 2.34. The summed E-state index contributed by atoms with van der Waals surface area (Å²) in [6.45, 7) is 6.19. The van der Waals surface area contributed by atoms with Crippen molar-refractivity contribution in [2.75, 3.05) is 5.32 Å². The van der Waals surface area contributed by atoms with Gasteiger partial charge in [-0.25, -0.2) is 4.98 Å². The molecule has 3 rings (SSSR count). The van der Waals surface area contributed by atoms with Gasteiger partial charge in [0.25, 0.3) is 0 Å². The Morgan fingerprint density at radius 1 is 1.29 bits per heavy atom. The lowest BCUT2D eigenvalue weighted by Gasteiger charge is -2.26. The van der Waals surface area contributed by atoms with Crippen molar-refractivity contribution in [3.05, 3.63) is 46.5 Å². The largest absolute Gasteiger partial charge is 0.302 e. The molecule has 0 saturated carbocycles. The monoisotopic (exact) mass is 342 g/mol. The molecule has 0 radical (unpaired) electrons. The molecule has 1 aliphatic carbocycles. The van der Waals surface area contributed by atoms with Gasteiger partial charge in [0.2, 0.25) is 5.91 Å². The van der Waals surface area contributed by atoms with E-state index in [0.717, 1.165) is 17.7 Å². The summed E-state index contributed by atoms with van der Waals surface area (Å²) in [5.41, 5.74) is 1.91. The Kier molecular flexibility index (Phi) is 4.54. The lowest BCUT2D eigenvalue weighted by atomic mass is 9.78. The number of nitrogens with zero attached hydrogens (tertiary/aromatic N) is 1. The Hall–Kier alpha value is -2.01. The number of thiazole rings is 1. The second-order valence-corrected chi connectivity index (χ2v) is 8.30. The quantitative estimate of drug-likeness (QED) is 0.894. The molecule has 1 aromatic heterocycles. The zero-order valence-corrected chi connectivity index (χ0v) is 15.1. The van der Waals surface area contributed by atoms with Crippen LogP contribution in [-0.4, -0.2) is 16.7 Å². The number of amides is 1. The van der Waals surface area contributed by atoms with Crippen LogP contribution in [-0.2, 0) is 11.2 Å². The molecule has 0 fully saturated rings. The highest BCUT2D eigenvalue weighted by molar-refractivity contribution is 7.17. The third-order valence-corrected chi connectivity index (χ3v) is 5.40. The molecule has 1 atom stereocenters. The molecule has 126 valence electrons. The normalized spacial score (nSPS) is 17.2. The van der Waals surface area contributed by atoms with Crippen LogP contribution < -0.4 is 5.32 Å². The van der Waals surface area contributed by atoms with E-state index in [1.54, 1.807) is 0 Å². The molecule has 0 saturated heterocycles. The van der Waals surface area contributed by atoms with E-state index in [2.05, 4.69) is 24.1 Å². The average Bonchev–Trinajstić information content (AvgIpc) is 2.89. The average molecular weight is 342 g/mol. The summed E-state index contributed by atoms with van der Waals surface area (Å²) >= 11 is 1.30. The topological polar surface area (TPSA) is 59.1 Å². The van der Waals surface area contributed by atoms with Crippen molar-refractivity contribution in [1.82, 2.24) is 4.98 Å². The number of benzene rings is 1. The molecule has 2 aromatic rings. The van der Waals surface area contributed by atoms with E-state index in [1.807, 2.05) is 37.3 Å². The Morgan fingerprint density at radius 3 is 2.71 bits per heavy atom. The van der Waals surface area contributed by atoms with E-state index in [-0.39, 0.29) is 23.0 Å². The Bertz CT molecular complexity index is 765. The van der Waals surface area contributed by atoms with E-state index >= 15 is 0 Å². The summed E-state index contributed by atoms with van der Waals surface area (Å²) in [5, 5.41) is 3.40. The summed E-state index contributed by atoms with van der Waals surface area (Å²) in [5.74, 6) is 0.211. The fraction of sp³-hybridized carbons (Fsp3) is 0.421. The van der Waals surface area contributed by atoms with Gasteiger partial charge in [-0.3, -0.25) is 9.59 Å². The van der Waals surface area contributed by atoms with Crippen molar-refractivity contribution in [3.8, 4) is 0 Å². The van der Waals surface area contributed by atoms with Gasteiger partial charge in [-0.15, -0.1) is 0 Å². The molecule has 5 heteroatoms. The predicted octanol–water partition coefficient (Wildman–Crippen LogP) is 4.43. The van der Waals surface area contributed by atoms with E-state index in [1.165, 1.54) is 11.3 Å². The molecule has 1 N–H and O–H groups in total. The number of aromatic nitrogens is 1. The Morgan fingerprint density at radius 2 is 2.00 bits per heavy atom. The summed E-state index contributed by atoms with van der Waals surface area (Å²) < 4.78 is 0. The van der Waals surface area contributed by atoms with Crippen molar-refractivity contribution in [3.63, 3.8) is 0 Å². The van der Waals surface area contributed by atoms with Gasteiger partial charge in [-0.1, -0.05) is 62.4 Å². The van der Waals surface area contributed by atoms with Crippen molar-refractivity contribution in [2.45, 2.75) is 46.0 Å². The Balaban J connectivity index is 1.67. The van der Waals surface area contributed by atoms with Gasteiger partial charge in [0.1, 0.15) is 0 Å². The second kappa shape index (κ2) is 6.48. The summed E-state index contributed by atoms with van der Waals surface area (Å²) in [7, 11) is 0. The number of carbonyl (C=O) groups excluding carboxylic acids is 2. The lowest BCUT2D eigenvalue weighted by Crippen LogP contribution is -2.26. The van der Waals surface area contributed by atoms with Gasteiger partial charge in [0.05, 0.1) is 10.6 Å². The number of ketones is 1. The van der Waals surface area contributed by atoms with Gasteiger partial charge in [-0.05, 0) is 23.3 Å². The smallest absolute Gasteiger partial charge is 0.226 e. The molecule has 1 aliphatic rings. The van der Waals surface area contributed by atoms with Gasteiger partial charge in [-0.2, -0.15) is 0 Å². The molecule has 1 amide bonds. The van der Waals surface area contributed by atoms with Gasteiger partial charge < -0.3 is 5.32 Å². The van der Waals surface area contributed by atoms with Crippen molar-refractivity contribution in [2.24, 2.45) is 5.41 Å². The maximum atomic E-state index is 12.3. The number of hydrogen-bond acceptors (Lipinski definition) is 4. The van der Waals surface area contributed by atoms with E-state index in [0.29, 0.717) is 22.9 Å². The van der Waals surface area contributed by atoms with Crippen LogP contribution in [0, 0.1) is 5.41 Å². The van der Waals surface area contributed by atoms with Crippen LogP contribution in [0.5, 0.6) is 0 Å². The first-order valence-electron chi connectivity index (χ1n) is 8.22. The van der Waals surface area contributed by atoms with Crippen LogP contribution >= 0.6 is 11.3 Å². The standard InChI is InChI=1S/C19H22N2O2S/c1-12(13-7-5-4-6-8-13)9-16(23)21-18-20-14-10-19(2,3)11-15(22)17(14)24-18/h4-8,12H,9-11H2,1-3H3,(H,20,21,23). The van der Waals surface area contributed by atoms with Crippen LogP contribution in [0.4, 0.5) is 5.13 Å². The van der Waals surface area contributed by atoms with Crippen LogP contribution in [0.2, 0.25) is 0 Å². The fourth-order valence-electron chi connectivity index (χ4n) is 3.12.